The van der Waals surface area contributed by atoms with E-state index in [4.69, 9.17) is 14.7 Å². The number of nitriles is 1. The Morgan fingerprint density at radius 2 is 2.42 bits per heavy atom. The Hall–Kier alpha value is -2.48. The molecule has 1 heterocycles. The van der Waals surface area contributed by atoms with E-state index < -0.39 is 0 Å². The SMILES string of the molecule is CCOc1cccc2c1OCC(C(=O)NCC#N)=C2. The summed E-state index contributed by atoms with van der Waals surface area (Å²) < 4.78 is 11.1. The molecule has 1 aromatic rings. The molecule has 1 aliphatic rings. The van der Waals surface area contributed by atoms with E-state index in [0.29, 0.717) is 23.7 Å². The van der Waals surface area contributed by atoms with Crippen molar-refractivity contribution in [3.8, 4) is 17.6 Å². The van der Waals surface area contributed by atoms with Gasteiger partial charge in [-0.05, 0) is 19.1 Å². The predicted molar refractivity (Wildman–Crippen MR) is 69.7 cm³/mol. The number of amides is 1. The maximum Gasteiger partial charge on any atom is 0.251 e. The number of nitrogens with one attached hydrogen (secondary N) is 1. The molecule has 0 aromatic heterocycles. The zero-order chi connectivity index (χ0) is 13.7. The van der Waals surface area contributed by atoms with Crippen LogP contribution in [0.4, 0.5) is 0 Å². The third-order valence-corrected chi connectivity index (χ3v) is 2.63. The number of benzene rings is 1. The van der Waals surface area contributed by atoms with Gasteiger partial charge in [0.15, 0.2) is 11.5 Å². The van der Waals surface area contributed by atoms with Crippen molar-refractivity contribution in [2.24, 2.45) is 0 Å². The summed E-state index contributed by atoms with van der Waals surface area (Å²) in [6, 6.07) is 7.40. The Morgan fingerprint density at radius 1 is 1.58 bits per heavy atom. The lowest BCUT2D eigenvalue weighted by Gasteiger charge is -2.19. The smallest absolute Gasteiger partial charge is 0.251 e. The second kappa shape index (κ2) is 5.91. The lowest BCUT2D eigenvalue weighted by molar-refractivity contribution is -0.117. The number of hydrogen-bond acceptors (Lipinski definition) is 4. The minimum atomic E-state index is -0.283. The lowest BCUT2D eigenvalue weighted by Crippen LogP contribution is -2.28. The molecule has 0 bridgehead atoms. The molecule has 5 heteroatoms. The molecule has 0 atom stereocenters. The fraction of sp³-hybridized carbons (Fsp3) is 0.286. The second-order valence-electron chi connectivity index (χ2n) is 3.91. The van der Waals surface area contributed by atoms with E-state index in [1.807, 2.05) is 31.2 Å². The second-order valence-corrected chi connectivity index (χ2v) is 3.91. The van der Waals surface area contributed by atoms with E-state index in [2.05, 4.69) is 5.32 Å². The molecule has 0 aliphatic carbocycles. The molecule has 0 fully saturated rings. The van der Waals surface area contributed by atoms with Crippen LogP contribution in [0.3, 0.4) is 0 Å². The number of fused-ring (bicyclic) bond motifs is 1. The predicted octanol–water partition coefficient (Wildman–Crippen LogP) is 1.50. The van der Waals surface area contributed by atoms with E-state index in [0.717, 1.165) is 5.56 Å². The molecule has 0 unspecified atom stereocenters. The van der Waals surface area contributed by atoms with Crippen LogP contribution in [0.5, 0.6) is 11.5 Å². The van der Waals surface area contributed by atoms with Crippen LogP contribution in [-0.2, 0) is 4.79 Å². The first kappa shape index (κ1) is 13.0. The molecule has 0 saturated heterocycles. The first-order chi connectivity index (χ1) is 9.26. The Bertz CT molecular complexity index is 558. The summed E-state index contributed by atoms with van der Waals surface area (Å²) in [7, 11) is 0. The molecular weight excluding hydrogens is 244 g/mol. The fourth-order valence-corrected chi connectivity index (χ4v) is 1.81. The van der Waals surface area contributed by atoms with Crippen LogP contribution in [-0.4, -0.2) is 25.7 Å². The van der Waals surface area contributed by atoms with Crippen molar-refractivity contribution < 1.29 is 14.3 Å². The zero-order valence-corrected chi connectivity index (χ0v) is 10.6. The van der Waals surface area contributed by atoms with Gasteiger partial charge in [0.05, 0.1) is 18.2 Å². The highest BCUT2D eigenvalue weighted by atomic mass is 16.5. The number of para-hydroxylation sites is 1. The Labute approximate surface area is 111 Å². The number of nitrogens with zero attached hydrogens (tertiary/aromatic N) is 1. The molecule has 19 heavy (non-hydrogen) atoms. The number of rotatable bonds is 4. The summed E-state index contributed by atoms with van der Waals surface area (Å²) in [5, 5.41) is 10.9. The van der Waals surface area contributed by atoms with Gasteiger partial charge in [-0.3, -0.25) is 4.79 Å². The first-order valence-corrected chi connectivity index (χ1v) is 6.00. The number of carbonyl (C=O) groups excluding carboxylic acids is 1. The van der Waals surface area contributed by atoms with Crippen molar-refractivity contribution in [3.63, 3.8) is 0 Å². The molecule has 1 N–H and O–H groups in total. The van der Waals surface area contributed by atoms with Crippen molar-refractivity contribution in [2.75, 3.05) is 19.8 Å². The van der Waals surface area contributed by atoms with Crippen LogP contribution >= 0.6 is 0 Å². The van der Waals surface area contributed by atoms with Gasteiger partial charge in [-0.1, -0.05) is 12.1 Å². The number of ether oxygens (including phenoxy) is 2. The Balaban J connectivity index is 2.23. The van der Waals surface area contributed by atoms with Gasteiger partial charge in [0.1, 0.15) is 13.2 Å². The summed E-state index contributed by atoms with van der Waals surface area (Å²) in [5.74, 6) is 1.04. The van der Waals surface area contributed by atoms with Crippen LogP contribution < -0.4 is 14.8 Å². The molecule has 0 radical (unpaired) electrons. The minimum absolute atomic E-state index is 0.0119. The Morgan fingerprint density at radius 3 is 3.16 bits per heavy atom. The van der Waals surface area contributed by atoms with Gasteiger partial charge in [0, 0.05) is 5.56 Å². The summed E-state index contributed by atoms with van der Waals surface area (Å²) in [5.41, 5.74) is 1.30. The average Bonchev–Trinajstić information content (AvgIpc) is 2.45. The van der Waals surface area contributed by atoms with Crippen molar-refractivity contribution in [2.45, 2.75) is 6.92 Å². The van der Waals surface area contributed by atoms with Crippen LogP contribution in [0.15, 0.2) is 23.8 Å². The van der Waals surface area contributed by atoms with Gasteiger partial charge in [-0.15, -0.1) is 0 Å². The zero-order valence-electron chi connectivity index (χ0n) is 10.6. The quantitative estimate of drug-likeness (QED) is 0.831. The summed E-state index contributed by atoms with van der Waals surface area (Å²) >= 11 is 0. The fourth-order valence-electron chi connectivity index (χ4n) is 1.81. The molecule has 1 aromatic carbocycles. The number of hydrogen-bond donors (Lipinski definition) is 1. The third kappa shape index (κ3) is 2.86. The molecule has 2 rings (SSSR count). The van der Waals surface area contributed by atoms with Gasteiger partial charge in [0.2, 0.25) is 0 Å². The monoisotopic (exact) mass is 258 g/mol. The van der Waals surface area contributed by atoms with E-state index >= 15 is 0 Å². The highest BCUT2D eigenvalue weighted by Crippen LogP contribution is 2.35. The van der Waals surface area contributed by atoms with Gasteiger partial charge >= 0.3 is 0 Å². The van der Waals surface area contributed by atoms with Crippen LogP contribution in [0.25, 0.3) is 6.08 Å². The molecule has 1 aliphatic heterocycles. The molecule has 98 valence electrons. The summed E-state index contributed by atoms with van der Waals surface area (Å²) in [6.45, 7) is 2.62. The van der Waals surface area contributed by atoms with Crippen molar-refractivity contribution in [1.29, 1.82) is 5.26 Å². The van der Waals surface area contributed by atoms with E-state index in [-0.39, 0.29) is 19.1 Å². The van der Waals surface area contributed by atoms with E-state index in [1.165, 1.54) is 0 Å². The van der Waals surface area contributed by atoms with E-state index in [1.54, 1.807) is 6.08 Å². The van der Waals surface area contributed by atoms with Gasteiger partial charge in [-0.2, -0.15) is 5.26 Å². The summed E-state index contributed by atoms with van der Waals surface area (Å²) in [4.78, 5) is 11.7. The largest absolute Gasteiger partial charge is 0.490 e. The topological polar surface area (TPSA) is 71.3 Å². The van der Waals surface area contributed by atoms with Gasteiger partial charge in [-0.25, -0.2) is 0 Å². The molecule has 0 saturated carbocycles. The van der Waals surface area contributed by atoms with Crippen molar-refractivity contribution in [3.05, 3.63) is 29.3 Å². The highest BCUT2D eigenvalue weighted by molar-refractivity contribution is 5.99. The standard InChI is InChI=1S/C14H14N2O3/c1-2-18-12-5-3-4-10-8-11(9-19-13(10)12)14(17)16-7-6-15/h3-5,8H,2,7,9H2,1H3,(H,16,17). The average molecular weight is 258 g/mol. The Kier molecular flexibility index (Phi) is 4.04. The normalized spacial score (nSPS) is 12.5. The molecule has 1 amide bonds. The van der Waals surface area contributed by atoms with Crippen LogP contribution in [0, 0.1) is 11.3 Å². The third-order valence-electron chi connectivity index (χ3n) is 2.63. The van der Waals surface area contributed by atoms with Crippen LogP contribution in [0.1, 0.15) is 12.5 Å². The highest BCUT2D eigenvalue weighted by Gasteiger charge is 2.19. The van der Waals surface area contributed by atoms with Crippen molar-refractivity contribution in [1.82, 2.24) is 5.32 Å². The summed E-state index contributed by atoms with van der Waals surface area (Å²) in [6.07, 6.45) is 1.76. The molecule has 5 nitrogen and oxygen atoms in total. The lowest BCUT2D eigenvalue weighted by atomic mass is 10.1. The van der Waals surface area contributed by atoms with Gasteiger partial charge in [0.25, 0.3) is 5.91 Å². The minimum Gasteiger partial charge on any atom is -0.490 e. The first-order valence-electron chi connectivity index (χ1n) is 6.00. The van der Waals surface area contributed by atoms with Crippen LogP contribution in [0.2, 0.25) is 0 Å². The maximum atomic E-state index is 11.7. The molecule has 0 spiro atoms. The van der Waals surface area contributed by atoms with E-state index in [9.17, 15) is 4.79 Å². The molecular formula is C14H14N2O3. The maximum absolute atomic E-state index is 11.7. The van der Waals surface area contributed by atoms with Gasteiger partial charge < -0.3 is 14.8 Å². The number of carbonyl (C=O) groups is 1. The van der Waals surface area contributed by atoms with Crippen molar-refractivity contribution >= 4 is 12.0 Å².